The van der Waals surface area contributed by atoms with Crippen LogP contribution in [0.3, 0.4) is 0 Å². The first-order chi connectivity index (χ1) is 9.97. The zero-order valence-electron chi connectivity index (χ0n) is 12.2. The molecule has 0 fully saturated rings. The van der Waals surface area contributed by atoms with Crippen molar-refractivity contribution < 1.29 is 29.2 Å². The van der Waals surface area contributed by atoms with Crippen molar-refractivity contribution >= 4 is 5.97 Å². The van der Waals surface area contributed by atoms with Crippen LogP contribution >= 0.6 is 0 Å². The zero-order chi connectivity index (χ0) is 15.8. The van der Waals surface area contributed by atoms with Crippen LogP contribution in [-0.2, 0) is 16.1 Å². The Kier molecular flexibility index (Phi) is 6.71. The van der Waals surface area contributed by atoms with Gasteiger partial charge in [-0.05, 0) is 24.6 Å². The van der Waals surface area contributed by atoms with Crippen LogP contribution in [0.25, 0.3) is 0 Å². The van der Waals surface area contributed by atoms with Crippen molar-refractivity contribution in [1.29, 1.82) is 0 Å². The minimum absolute atomic E-state index is 0.0572. The summed E-state index contributed by atoms with van der Waals surface area (Å²) in [7, 11) is 1.48. The molecule has 0 radical (unpaired) electrons. The minimum atomic E-state index is -0.962. The molecule has 0 bridgehead atoms. The van der Waals surface area contributed by atoms with Crippen molar-refractivity contribution in [2.75, 3.05) is 20.3 Å². The Morgan fingerprint density at radius 3 is 2.62 bits per heavy atom. The highest BCUT2D eigenvalue weighted by molar-refractivity contribution is 5.86. The highest BCUT2D eigenvalue weighted by atomic mass is 16.6. The second kappa shape index (κ2) is 8.28. The average Bonchev–Trinajstić information content (AvgIpc) is 2.49. The van der Waals surface area contributed by atoms with Crippen molar-refractivity contribution in [2.24, 2.45) is 0 Å². The van der Waals surface area contributed by atoms with Crippen molar-refractivity contribution in [3.8, 4) is 11.5 Å². The molecule has 1 aromatic carbocycles. The van der Waals surface area contributed by atoms with Gasteiger partial charge in [-0.2, -0.15) is 0 Å². The first-order valence-corrected chi connectivity index (χ1v) is 6.39. The van der Waals surface area contributed by atoms with E-state index in [1.54, 1.807) is 18.2 Å². The standard InChI is InChI=1S/C15H20O6/c1-10(2)15(18)21-9-12(17)8-20-13-5-4-11(7-16)6-14(13)19-3/h4-6,12,16-17H,1,7-9H2,2-3H3. The summed E-state index contributed by atoms with van der Waals surface area (Å²) in [5, 5.41) is 18.7. The lowest BCUT2D eigenvalue weighted by molar-refractivity contribution is -0.142. The molecule has 116 valence electrons. The molecule has 0 aromatic heterocycles. The van der Waals surface area contributed by atoms with Crippen LogP contribution in [0.15, 0.2) is 30.4 Å². The van der Waals surface area contributed by atoms with Crippen LogP contribution in [0, 0.1) is 0 Å². The van der Waals surface area contributed by atoms with Gasteiger partial charge in [0.25, 0.3) is 0 Å². The van der Waals surface area contributed by atoms with Crippen molar-refractivity contribution in [1.82, 2.24) is 0 Å². The van der Waals surface area contributed by atoms with Gasteiger partial charge < -0.3 is 24.4 Å². The van der Waals surface area contributed by atoms with E-state index in [1.807, 2.05) is 0 Å². The summed E-state index contributed by atoms with van der Waals surface area (Å²) < 4.78 is 15.4. The minimum Gasteiger partial charge on any atom is -0.493 e. The summed E-state index contributed by atoms with van der Waals surface area (Å²) in [6, 6.07) is 4.96. The SMILES string of the molecule is C=C(C)C(=O)OCC(O)COc1ccc(CO)cc1OC. The topological polar surface area (TPSA) is 85.2 Å². The summed E-state index contributed by atoms with van der Waals surface area (Å²) in [6.07, 6.45) is -0.962. The Balaban J connectivity index is 2.51. The lowest BCUT2D eigenvalue weighted by Gasteiger charge is -2.15. The number of hydrogen-bond donors (Lipinski definition) is 2. The fraction of sp³-hybridized carbons (Fsp3) is 0.400. The number of rotatable bonds is 8. The van der Waals surface area contributed by atoms with Crippen LogP contribution in [0.1, 0.15) is 12.5 Å². The summed E-state index contributed by atoms with van der Waals surface area (Å²) in [6.45, 7) is 4.63. The van der Waals surface area contributed by atoms with E-state index in [-0.39, 0.29) is 25.4 Å². The van der Waals surface area contributed by atoms with Gasteiger partial charge in [0, 0.05) is 5.57 Å². The molecule has 1 aromatic rings. The maximum Gasteiger partial charge on any atom is 0.333 e. The zero-order valence-corrected chi connectivity index (χ0v) is 12.2. The summed E-state index contributed by atoms with van der Waals surface area (Å²) >= 11 is 0. The Labute approximate surface area is 123 Å². The Morgan fingerprint density at radius 1 is 1.33 bits per heavy atom. The van der Waals surface area contributed by atoms with E-state index in [2.05, 4.69) is 6.58 Å². The van der Waals surface area contributed by atoms with Gasteiger partial charge in [-0.3, -0.25) is 0 Å². The average molecular weight is 296 g/mol. The third-order valence-corrected chi connectivity index (χ3v) is 2.60. The monoisotopic (exact) mass is 296 g/mol. The smallest absolute Gasteiger partial charge is 0.333 e. The number of aliphatic hydroxyl groups excluding tert-OH is 2. The molecule has 2 N–H and O–H groups in total. The molecule has 0 heterocycles. The molecule has 1 unspecified atom stereocenters. The van der Waals surface area contributed by atoms with Crippen molar-refractivity contribution in [3.63, 3.8) is 0 Å². The van der Waals surface area contributed by atoms with Gasteiger partial charge >= 0.3 is 5.97 Å². The van der Waals surface area contributed by atoms with Crippen LogP contribution < -0.4 is 9.47 Å². The summed E-state index contributed by atoms with van der Waals surface area (Å²) in [5.41, 5.74) is 0.958. The molecule has 0 aliphatic carbocycles. The van der Waals surface area contributed by atoms with E-state index < -0.39 is 12.1 Å². The summed E-state index contributed by atoms with van der Waals surface area (Å²) in [5.74, 6) is 0.326. The second-order valence-corrected chi connectivity index (χ2v) is 4.49. The number of aliphatic hydroxyl groups is 2. The van der Waals surface area contributed by atoms with Crippen molar-refractivity contribution in [2.45, 2.75) is 19.6 Å². The number of carbonyl (C=O) groups excluding carboxylic acids is 1. The van der Waals surface area contributed by atoms with Crippen molar-refractivity contribution in [3.05, 3.63) is 35.9 Å². The first-order valence-electron chi connectivity index (χ1n) is 6.39. The molecule has 0 aliphatic rings. The highest BCUT2D eigenvalue weighted by Crippen LogP contribution is 2.28. The maximum absolute atomic E-state index is 11.2. The van der Waals surface area contributed by atoms with E-state index in [1.165, 1.54) is 14.0 Å². The predicted molar refractivity (Wildman–Crippen MR) is 76.2 cm³/mol. The van der Waals surface area contributed by atoms with Gasteiger partial charge in [0.2, 0.25) is 0 Å². The van der Waals surface area contributed by atoms with Gasteiger partial charge in [-0.15, -0.1) is 0 Å². The van der Waals surface area contributed by atoms with Gasteiger partial charge in [-0.1, -0.05) is 12.6 Å². The molecule has 0 saturated carbocycles. The third kappa shape index (κ3) is 5.45. The number of esters is 1. The Hall–Kier alpha value is -2.05. The molecule has 0 aliphatic heterocycles. The lowest BCUT2D eigenvalue weighted by atomic mass is 10.2. The fourth-order valence-corrected chi connectivity index (χ4v) is 1.46. The van der Waals surface area contributed by atoms with Gasteiger partial charge in [0.05, 0.1) is 13.7 Å². The molecule has 0 saturated heterocycles. The van der Waals surface area contributed by atoms with Gasteiger partial charge in [0.15, 0.2) is 11.5 Å². The summed E-state index contributed by atoms with van der Waals surface area (Å²) in [4.78, 5) is 11.2. The molecule has 1 atom stereocenters. The Morgan fingerprint density at radius 2 is 2.05 bits per heavy atom. The van der Waals surface area contributed by atoms with E-state index in [9.17, 15) is 9.90 Å². The highest BCUT2D eigenvalue weighted by Gasteiger charge is 2.12. The second-order valence-electron chi connectivity index (χ2n) is 4.49. The molecular formula is C15H20O6. The van der Waals surface area contributed by atoms with Crippen LogP contribution in [0.4, 0.5) is 0 Å². The first kappa shape index (κ1) is 17.0. The molecule has 6 heteroatoms. The normalized spacial score (nSPS) is 11.6. The third-order valence-electron chi connectivity index (χ3n) is 2.60. The lowest BCUT2D eigenvalue weighted by Crippen LogP contribution is -2.25. The number of hydrogen-bond acceptors (Lipinski definition) is 6. The molecule has 6 nitrogen and oxygen atoms in total. The van der Waals surface area contributed by atoms with Gasteiger partial charge in [0.1, 0.15) is 19.3 Å². The van der Waals surface area contributed by atoms with E-state index in [4.69, 9.17) is 19.3 Å². The van der Waals surface area contributed by atoms with Gasteiger partial charge in [-0.25, -0.2) is 4.79 Å². The van der Waals surface area contributed by atoms with Crippen LogP contribution in [0.5, 0.6) is 11.5 Å². The maximum atomic E-state index is 11.2. The molecule has 21 heavy (non-hydrogen) atoms. The largest absolute Gasteiger partial charge is 0.493 e. The number of ether oxygens (including phenoxy) is 3. The fourth-order valence-electron chi connectivity index (χ4n) is 1.46. The number of benzene rings is 1. The molecular weight excluding hydrogens is 276 g/mol. The predicted octanol–water partition coefficient (Wildman–Crippen LogP) is 1.05. The number of methoxy groups -OCH3 is 1. The van der Waals surface area contributed by atoms with Crippen LogP contribution in [0.2, 0.25) is 0 Å². The molecule has 1 rings (SSSR count). The van der Waals surface area contributed by atoms with E-state index in [0.717, 1.165) is 0 Å². The number of carbonyl (C=O) groups is 1. The van der Waals surface area contributed by atoms with E-state index >= 15 is 0 Å². The Bertz CT molecular complexity index is 497. The van der Waals surface area contributed by atoms with Crippen LogP contribution in [-0.4, -0.2) is 42.6 Å². The quantitative estimate of drug-likeness (QED) is 0.551. The van der Waals surface area contributed by atoms with E-state index in [0.29, 0.717) is 17.1 Å². The molecule has 0 spiro atoms. The molecule has 0 amide bonds.